The van der Waals surface area contributed by atoms with Crippen LogP contribution in [0.5, 0.6) is 0 Å². The van der Waals surface area contributed by atoms with Crippen LogP contribution in [0.3, 0.4) is 0 Å². The smallest absolute Gasteiger partial charge is 0.223 e. The van der Waals surface area contributed by atoms with Crippen LogP contribution in [0.25, 0.3) is 22.2 Å². The molecule has 2 aliphatic rings. The van der Waals surface area contributed by atoms with E-state index in [-0.39, 0.29) is 47.3 Å². The maximum absolute atomic E-state index is 15.1. The van der Waals surface area contributed by atoms with Crippen molar-refractivity contribution in [2.24, 2.45) is 0 Å². The third-order valence-electron chi connectivity index (χ3n) is 8.69. The van der Waals surface area contributed by atoms with Crippen LogP contribution >= 0.6 is 36.4 Å². The van der Waals surface area contributed by atoms with Crippen molar-refractivity contribution in [3.63, 3.8) is 0 Å². The lowest BCUT2D eigenvalue weighted by Gasteiger charge is -2.55. The minimum Gasteiger partial charge on any atom is -0.366 e. The van der Waals surface area contributed by atoms with Crippen LogP contribution in [-0.2, 0) is 10.3 Å². The number of carbonyl (C=O) groups is 1. The molecule has 224 valence electrons. The monoisotopic (exact) mass is 631 g/mol. The Hall–Kier alpha value is -2.84. The Morgan fingerprint density at radius 3 is 2.55 bits per heavy atom. The molecule has 0 bridgehead atoms. The van der Waals surface area contributed by atoms with E-state index in [2.05, 4.69) is 47.2 Å². The normalized spacial score (nSPS) is 21.6. The van der Waals surface area contributed by atoms with Gasteiger partial charge in [-0.3, -0.25) is 4.79 Å². The first-order valence-electron chi connectivity index (χ1n) is 14.0. The van der Waals surface area contributed by atoms with Crippen LogP contribution in [0.1, 0.15) is 45.6 Å². The third-order valence-corrected chi connectivity index (χ3v) is 9.00. The van der Waals surface area contributed by atoms with E-state index in [1.165, 1.54) is 6.07 Å². The molecule has 0 radical (unpaired) electrons. The van der Waals surface area contributed by atoms with Crippen molar-refractivity contribution in [3.05, 3.63) is 83.4 Å². The number of piperazine rings is 1. The zero-order valence-electron chi connectivity index (χ0n) is 24.0. The van der Waals surface area contributed by atoms with Gasteiger partial charge < -0.3 is 20.1 Å². The molecule has 0 aliphatic carbocycles. The SMILES string of the molecule is CCC(=O)N1CCN(c2c(-c3ccccc3)cnc3[nH]ccc23)C[C@@]1(c1ccc(Cl)c(F)c1)[C@@H]1CCC(C)(C)N1.Cl.Cl. The molecule has 0 spiro atoms. The lowest BCUT2D eigenvalue weighted by Crippen LogP contribution is -2.69. The van der Waals surface area contributed by atoms with Gasteiger partial charge in [0.05, 0.1) is 10.7 Å². The quantitative estimate of drug-likeness (QED) is 0.242. The van der Waals surface area contributed by atoms with Crippen molar-refractivity contribution >= 4 is 59.0 Å². The number of nitrogens with zero attached hydrogens (tertiary/aromatic N) is 3. The number of aromatic amines is 1. The number of anilines is 1. The van der Waals surface area contributed by atoms with Crippen molar-refractivity contribution in [1.82, 2.24) is 20.2 Å². The molecule has 1 amide bonds. The molecule has 2 aliphatic heterocycles. The lowest BCUT2D eigenvalue weighted by molar-refractivity contribution is -0.140. The zero-order chi connectivity index (χ0) is 28.1. The fourth-order valence-electron chi connectivity index (χ4n) is 6.76. The maximum atomic E-state index is 15.1. The minimum absolute atomic E-state index is 0. The van der Waals surface area contributed by atoms with Crippen LogP contribution in [0.4, 0.5) is 10.1 Å². The first-order chi connectivity index (χ1) is 19.2. The number of pyridine rings is 1. The number of nitrogens with one attached hydrogen (secondary N) is 2. The summed E-state index contributed by atoms with van der Waals surface area (Å²) in [6, 6.07) is 17.3. The van der Waals surface area contributed by atoms with Gasteiger partial charge >= 0.3 is 0 Å². The Balaban J connectivity index is 0.00000202. The van der Waals surface area contributed by atoms with Gasteiger partial charge in [0.25, 0.3) is 0 Å². The van der Waals surface area contributed by atoms with Crippen LogP contribution in [0.15, 0.2) is 67.0 Å². The highest BCUT2D eigenvalue weighted by Crippen LogP contribution is 2.46. The molecule has 0 unspecified atom stereocenters. The van der Waals surface area contributed by atoms with Crippen LogP contribution in [-0.4, -0.2) is 52.0 Å². The molecule has 2 N–H and O–H groups in total. The highest BCUT2D eigenvalue weighted by atomic mass is 35.5. The Bertz CT molecular complexity index is 1560. The first kappa shape index (κ1) is 32.1. The second-order valence-electron chi connectivity index (χ2n) is 11.6. The molecule has 10 heteroatoms. The molecule has 4 aromatic rings. The van der Waals surface area contributed by atoms with Gasteiger partial charge in [0.15, 0.2) is 0 Å². The molecule has 2 aromatic heterocycles. The fraction of sp³-hybridized carbons (Fsp3) is 0.375. The number of halogens is 4. The highest BCUT2D eigenvalue weighted by molar-refractivity contribution is 6.30. The molecular formula is C32H37Cl3FN5O. The molecule has 2 aromatic carbocycles. The predicted octanol–water partition coefficient (Wildman–Crippen LogP) is 7.35. The van der Waals surface area contributed by atoms with Gasteiger partial charge in [0, 0.05) is 61.0 Å². The van der Waals surface area contributed by atoms with Crippen molar-refractivity contribution in [2.75, 3.05) is 24.5 Å². The number of H-pyrrole nitrogens is 1. The van der Waals surface area contributed by atoms with Gasteiger partial charge in [-0.2, -0.15) is 0 Å². The minimum atomic E-state index is -0.815. The molecule has 42 heavy (non-hydrogen) atoms. The van der Waals surface area contributed by atoms with E-state index in [9.17, 15) is 4.79 Å². The number of hydrogen-bond donors (Lipinski definition) is 2. The van der Waals surface area contributed by atoms with E-state index in [1.54, 1.807) is 6.07 Å². The summed E-state index contributed by atoms with van der Waals surface area (Å²) in [5, 5.41) is 4.94. The van der Waals surface area contributed by atoms with Gasteiger partial charge in [0.1, 0.15) is 17.0 Å². The van der Waals surface area contributed by atoms with Crippen molar-refractivity contribution in [1.29, 1.82) is 0 Å². The zero-order valence-corrected chi connectivity index (χ0v) is 26.4. The summed E-state index contributed by atoms with van der Waals surface area (Å²) in [5.41, 5.74) is 3.82. The molecular weight excluding hydrogens is 596 g/mol. The molecule has 2 atom stereocenters. The summed E-state index contributed by atoms with van der Waals surface area (Å²) in [6.45, 7) is 7.93. The van der Waals surface area contributed by atoms with Crippen LogP contribution in [0, 0.1) is 5.82 Å². The van der Waals surface area contributed by atoms with E-state index >= 15 is 4.39 Å². The summed E-state index contributed by atoms with van der Waals surface area (Å²) in [5.74, 6) is -0.412. The van der Waals surface area contributed by atoms with Gasteiger partial charge in [-0.05, 0) is 56.0 Å². The largest absolute Gasteiger partial charge is 0.366 e. The number of aromatic nitrogens is 2. The Labute approximate surface area is 263 Å². The molecule has 0 saturated carbocycles. The average Bonchev–Trinajstić information content (AvgIpc) is 3.59. The molecule has 2 fully saturated rings. The number of hydrogen-bond acceptors (Lipinski definition) is 4. The van der Waals surface area contributed by atoms with E-state index < -0.39 is 11.4 Å². The van der Waals surface area contributed by atoms with Gasteiger partial charge in [-0.1, -0.05) is 54.9 Å². The second-order valence-corrected chi connectivity index (χ2v) is 12.0. The summed E-state index contributed by atoms with van der Waals surface area (Å²) in [7, 11) is 0. The standard InChI is InChI=1S/C32H35ClFN5O.2ClH/c1-4-28(40)39-17-16-38(29-23-13-15-35-30(23)36-19-24(29)21-8-6-5-7-9-21)20-32(39,27-12-14-31(2,3)37-27)22-10-11-25(33)26(34)18-22;;/h5-11,13,15,18-19,27,37H,4,12,14,16-17,20H2,1-3H3,(H,35,36);2*1H/t27-,32+;;/m0../s1. The predicted molar refractivity (Wildman–Crippen MR) is 174 cm³/mol. The molecule has 2 saturated heterocycles. The van der Waals surface area contributed by atoms with E-state index in [4.69, 9.17) is 16.6 Å². The van der Waals surface area contributed by atoms with Crippen LogP contribution < -0.4 is 10.2 Å². The maximum Gasteiger partial charge on any atom is 0.223 e. The topological polar surface area (TPSA) is 64.3 Å². The fourth-order valence-corrected chi connectivity index (χ4v) is 6.88. The van der Waals surface area contributed by atoms with E-state index in [0.29, 0.717) is 26.1 Å². The van der Waals surface area contributed by atoms with E-state index in [1.807, 2.05) is 48.5 Å². The van der Waals surface area contributed by atoms with Gasteiger partial charge in [-0.15, -0.1) is 24.8 Å². The summed E-state index contributed by atoms with van der Waals surface area (Å²) in [4.78, 5) is 26.0. The third kappa shape index (κ3) is 5.48. The van der Waals surface area contributed by atoms with Crippen LogP contribution in [0.2, 0.25) is 5.02 Å². The van der Waals surface area contributed by atoms with Gasteiger partial charge in [-0.25, -0.2) is 9.37 Å². The molecule has 6 rings (SSSR count). The summed E-state index contributed by atoms with van der Waals surface area (Å²) < 4.78 is 15.1. The summed E-state index contributed by atoms with van der Waals surface area (Å²) >= 11 is 6.17. The number of benzene rings is 2. The van der Waals surface area contributed by atoms with Crippen molar-refractivity contribution in [2.45, 2.75) is 57.2 Å². The second kappa shape index (κ2) is 12.4. The highest BCUT2D eigenvalue weighted by Gasteiger charge is 2.54. The summed E-state index contributed by atoms with van der Waals surface area (Å²) in [6.07, 6.45) is 6.03. The number of amides is 1. The van der Waals surface area contributed by atoms with Crippen molar-refractivity contribution in [3.8, 4) is 11.1 Å². The number of carbonyl (C=O) groups excluding carboxylic acids is 1. The lowest BCUT2D eigenvalue weighted by atomic mass is 9.77. The average molecular weight is 633 g/mol. The number of fused-ring (bicyclic) bond motifs is 1. The molecule has 4 heterocycles. The van der Waals surface area contributed by atoms with Crippen molar-refractivity contribution < 1.29 is 9.18 Å². The Morgan fingerprint density at radius 1 is 1.12 bits per heavy atom. The van der Waals surface area contributed by atoms with Gasteiger partial charge in [0.2, 0.25) is 5.91 Å². The Kier molecular flexibility index (Phi) is 9.48. The first-order valence-corrected chi connectivity index (χ1v) is 14.4. The van der Waals surface area contributed by atoms with E-state index in [0.717, 1.165) is 46.3 Å². The Morgan fingerprint density at radius 2 is 1.88 bits per heavy atom. The molecule has 6 nitrogen and oxygen atoms in total. The number of rotatable bonds is 5.